The standard InChI is InChI=1S/C22H27N5O/c1-18-23-11-15-25(18)14-9-21-8-2-3-13-27(21)22(28)20-7-4-6-19(16-20)17-26-12-5-10-24-26/h4-7,10-12,15-16,21H,2-3,8-9,13-14,17H2,1H3/t21-/m0/s1. The summed E-state index contributed by atoms with van der Waals surface area (Å²) < 4.78 is 4.04. The molecule has 28 heavy (non-hydrogen) atoms. The lowest BCUT2D eigenvalue weighted by atomic mass is 9.97. The van der Waals surface area contributed by atoms with Crippen molar-refractivity contribution in [1.82, 2.24) is 24.2 Å². The number of amides is 1. The summed E-state index contributed by atoms with van der Waals surface area (Å²) in [6, 6.07) is 10.2. The molecular formula is C22H27N5O. The average molecular weight is 377 g/mol. The van der Waals surface area contributed by atoms with Crippen molar-refractivity contribution in [2.75, 3.05) is 6.54 Å². The number of carbonyl (C=O) groups excluding carboxylic acids is 1. The average Bonchev–Trinajstić information content (AvgIpc) is 3.38. The van der Waals surface area contributed by atoms with Crippen LogP contribution in [0, 0.1) is 6.92 Å². The van der Waals surface area contributed by atoms with Crippen LogP contribution in [0.5, 0.6) is 0 Å². The molecule has 1 aliphatic rings. The van der Waals surface area contributed by atoms with E-state index in [1.165, 1.54) is 6.42 Å². The molecule has 0 radical (unpaired) electrons. The lowest BCUT2D eigenvalue weighted by Crippen LogP contribution is -2.44. The first-order valence-electron chi connectivity index (χ1n) is 10.1. The van der Waals surface area contributed by atoms with Crippen molar-refractivity contribution in [2.45, 2.75) is 51.7 Å². The van der Waals surface area contributed by atoms with Crippen molar-refractivity contribution < 1.29 is 4.79 Å². The molecule has 1 aromatic carbocycles. The van der Waals surface area contributed by atoms with Crippen LogP contribution in [0.25, 0.3) is 0 Å². The third kappa shape index (κ3) is 4.16. The normalized spacial score (nSPS) is 17.0. The minimum atomic E-state index is 0.148. The number of piperidine rings is 1. The van der Waals surface area contributed by atoms with Gasteiger partial charge in [0.05, 0.1) is 6.54 Å². The van der Waals surface area contributed by atoms with Gasteiger partial charge in [-0.1, -0.05) is 12.1 Å². The third-order valence-electron chi connectivity index (χ3n) is 5.59. The van der Waals surface area contributed by atoms with E-state index in [2.05, 4.69) is 19.5 Å². The topological polar surface area (TPSA) is 56.0 Å². The molecule has 3 heterocycles. The Labute approximate surface area is 165 Å². The van der Waals surface area contributed by atoms with Gasteiger partial charge >= 0.3 is 0 Å². The highest BCUT2D eigenvalue weighted by Gasteiger charge is 2.27. The van der Waals surface area contributed by atoms with Crippen LogP contribution in [0.3, 0.4) is 0 Å². The van der Waals surface area contributed by atoms with Crippen LogP contribution in [0.1, 0.15) is 47.4 Å². The SMILES string of the molecule is Cc1nccn1CC[C@@H]1CCCCN1C(=O)c1cccc(Cn2cccn2)c1. The highest BCUT2D eigenvalue weighted by molar-refractivity contribution is 5.94. The van der Waals surface area contributed by atoms with E-state index < -0.39 is 0 Å². The molecule has 0 spiro atoms. The summed E-state index contributed by atoms with van der Waals surface area (Å²) in [7, 11) is 0. The Kier molecular flexibility index (Phi) is 5.55. The Bertz CT molecular complexity index is 915. The summed E-state index contributed by atoms with van der Waals surface area (Å²) in [5.74, 6) is 1.18. The van der Waals surface area contributed by atoms with E-state index in [0.717, 1.165) is 49.3 Å². The molecule has 6 heteroatoms. The van der Waals surface area contributed by atoms with Gasteiger partial charge in [0.1, 0.15) is 5.82 Å². The maximum absolute atomic E-state index is 13.3. The molecule has 0 bridgehead atoms. The second-order valence-corrected chi connectivity index (χ2v) is 7.51. The Balaban J connectivity index is 1.46. The van der Waals surface area contributed by atoms with E-state index in [-0.39, 0.29) is 11.9 Å². The van der Waals surface area contributed by atoms with Crippen molar-refractivity contribution in [1.29, 1.82) is 0 Å². The largest absolute Gasteiger partial charge is 0.336 e. The van der Waals surface area contributed by atoms with Gasteiger partial charge in [-0.15, -0.1) is 0 Å². The van der Waals surface area contributed by atoms with Crippen LogP contribution in [0.4, 0.5) is 0 Å². The number of likely N-dealkylation sites (tertiary alicyclic amines) is 1. The lowest BCUT2D eigenvalue weighted by molar-refractivity contribution is 0.0595. The number of rotatable bonds is 6. The summed E-state index contributed by atoms with van der Waals surface area (Å²) >= 11 is 0. The van der Waals surface area contributed by atoms with Gasteiger partial charge in [-0.3, -0.25) is 9.48 Å². The zero-order chi connectivity index (χ0) is 19.3. The fourth-order valence-corrected chi connectivity index (χ4v) is 4.05. The molecule has 0 saturated carbocycles. The van der Waals surface area contributed by atoms with Gasteiger partial charge in [0.15, 0.2) is 0 Å². The van der Waals surface area contributed by atoms with E-state index in [1.54, 1.807) is 6.20 Å². The van der Waals surface area contributed by atoms with E-state index in [4.69, 9.17) is 0 Å². The van der Waals surface area contributed by atoms with Crippen LogP contribution >= 0.6 is 0 Å². The molecule has 1 aliphatic heterocycles. The molecule has 0 aliphatic carbocycles. The number of benzene rings is 1. The minimum absolute atomic E-state index is 0.148. The molecule has 2 aromatic heterocycles. The van der Waals surface area contributed by atoms with Gasteiger partial charge in [0, 0.05) is 49.5 Å². The van der Waals surface area contributed by atoms with E-state index in [9.17, 15) is 4.79 Å². The molecule has 0 N–H and O–H groups in total. The van der Waals surface area contributed by atoms with Crippen LogP contribution in [0.15, 0.2) is 55.1 Å². The zero-order valence-corrected chi connectivity index (χ0v) is 16.4. The van der Waals surface area contributed by atoms with Crippen LogP contribution < -0.4 is 0 Å². The van der Waals surface area contributed by atoms with Crippen molar-refractivity contribution in [3.05, 3.63) is 72.1 Å². The van der Waals surface area contributed by atoms with Gasteiger partial charge < -0.3 is 9.47 Å². The first-order chi connectivity index (χ1) is 13.7. The molecule has 4 rings (SSSR count). The third-order valence-corrected chi connectivity index (χ3v) is 5.59. The van der Waals surface area contributed by atoms with Crippen molar-refractivity contribution in [2.24, 2.45) is 0 Å². The molecule has 146 valence electrons. The minimum Gasteiger partial charge on any atom is -0.336 e. The predicted molar refractivity (Wildman–Crippen MR) is 108 cm³/mol. The van der Waals surface area contributed by atoms with Crippen LogP contribution in [0.2, 0.25) is 0 Å². The van der Waals surface area contributed by atoms with E-state index in [1.807, 2.05) is 60.5 Å². The van der Waals surface area contributed by atoms with Gasteiger partial charge in [-0.2, -0.15) is 5.10 Å². The fraction of sp³-hybridized carbons (Fsp3) is 0.409. The second-order valence-electron chi connectivity index (χ2n) is 7.51. The first-order valence-corrected chi connectivity index (χ1v) is 10.1. The van der Waals surface area contributed by atoms with Crippen molar-refractivity contribution >= 4 is 5.91 Å². The molecule has 3 aromatic rings. The van der Waals surface area contributed by atoms with Crippen LogP contribution in [-0.2, 0) is 13.1 Å². The van der Waals surface area contributed by atoms with Crippen LogP contribution in [-0.4, -0.2) is 42.7 Å². The highest BCUT2D eigenvalue weighted by Crippen LogP contribution is 2.23. The number of aromatic nitrogens is 4. The molecule has 1 amide bonds. The summed E-state index contributed by atoms with van der Waals surface area (Å²) in [6.45, 7) is 4.45. The number of carbonyl (C=O) groups is 1. The monoisotopic (exact) mass is 377 g/mol. The Hall–Kier alpha value is -2.89. The van der Waals surface area contributed by atoms with Crippen molar-refractivity contribution in [3.8, 4) is 0 Å². The molecule has 6 nitrogen and oxygen atoms in total. The number of nitrogens with zero attached hydrogens (tertiary/aromatic N) is 5. The van der Waals surface area contributed by atoms with E-state index in [0.29, 0.717) is 6.54 Å². The summed E-state index contributed by atoms with van der Waals surface area (Å²) in [5.41, 5.74) is 1.87. The zero-order valence-electron chi connectivity index (χ0n) is 16.4. The number of aryl methyl sites for hydroxylation is 2. The maximum atomic E-state index is 13.3. The molecule has 0 unspecified atom stereocenters. The quantitative estimate of drug-likeness (QED) is 0.660. The van der Waals surface area contributed by atoms with Gasteiger partial charge in [0.25, 0.3) is 5.91 Å². The highest BCUT2D eigenvalue weighted by atomic mass is 16.2. The number of imidazole rings is 1. The van der Waals surface area contributed by atoms with Crippen molar-refractivity contribution in [3.63, 3.8) is 0 Å². The summed E-state index contributed by atoms with van der Waals surface area (Å²) in [5, 5.41) is 4.26. The first kappa shape index (κ1) is 18.5. The molecule has 1 fully saturated rings. The fourth-order valence-electron chi connectivity index (χ4n) is 4.05. The molecule has 1 saturated heterocycles. The molecule has 1 atom stereocenters. The van der Waals surface area contributed by atoms with Gasteiger partial charge in [0.2, 0.25) is 0 Å². The predicted octanol–water partition coefficient (Wildman–Crippen LogP) is 3.52. The number of hydrogen-bond acceptors (Lipinski definition) is 3. The maximum Gasteiger partial charge on any atom is 0.254 e. The Morgan fingerprint density at radius 3 is 2.89 bits per heavy atom. The molecular weight excluding hydrogens is 350 g/mol. The lowest BCUT2D eigenvalue weighted by Gasteiger charge is -2.36. The number of hydrogen-bond donors (Lipinski definition) is 0. The van der Waals surface area contributed by atoms with E-state index >= 15 is 0 Å². The smallest absolute Gasteiger partial charge is 0.254 e. The Morgan fingerprint density at radius 1 is 1.18 bits per heavy atom. The second kappa shape index (κ2) is 8.42. The summed E-state index contributed by atoms with van der Waals surface area (Å²) in [4.78, 5) is 19.7. The summed E-state index contributed by atoms with van der Waals surface area (Å²) in [6.07, 6.45) is 11.9. The Morgan fingerprint density at radius 2 is 2.11 bits per heavy atom. The van der Waals surface area contributed by atoms with Gasteiger partial charge in [-0.05, 0) is 56.4 Å². The van der Waals surface area contributed by atoms with Gasteiger partial charge in [-0.25, -0.2) is 4.98 Å².